The van der Waals surface area contributed by atoms with Crippen LogP contribution in [0.4, 0.5) is 0 Å². The van der Waals surface area contributed by atoms with Crippen LogP contribution in [-0.2, 0) is 27.4 Å². The number of hydrogen-bond acceptors (Lipinski definition) is 6. The summed E-state index contributed by atoms with van der Waals surface area (Å²) in [5.41, 5.74) is 1.60. The molecule has 0 bridgehead atoms. The quantitative estimate of drug-likeness (QED) is 0.542. The Kier molecular flexibility index (Phi) is 6.57. The summed E-state index contributed by atoms with van der Waals surface area (Å²) in [4.78, 5) is 37.9. The van der Waals surface area contributed by atoms with E-state index in [4.69, 9.17) is 9.15 Å². The molecule has 8 heteroatoms. The first-order valence-corrected chi connectivity index (χ1v) is 9.17. The van der Waals surface area contributed by atoms with E-state index in [0.29, 0.717) is 18.7 Å². The number of carbonyl (C=O) groups is 2. The number of likely N-dealkylation sites (N-methyl/N-ethyl adjacent to an activating group) is 1. The maximum atomic E-state index is 12.3. The van der Waals surface area contributed by atoms with E-state index in [1.54, 1.807) is 29.2 Å². The van der Waals surface area contributed by atoms with Gasteiger partial charge in [-0.15, -0.1) is 5.10 Å². The van der Waals surface area contributed by atoms with Crippen LogP contribution < -0.4 is 5.76 Å². The van der Waals surface area contributed by atoms with Crippen LogP contribution in [0.25, 0.3) is 11.5 Å². The van der Waals surface area contributed by atoms with Crippen LogP contribution in [0.15, 0.2) is 69.9 Å². The Morgan fingerprint density at radius 1 is 1.07 bits per heavy atom. The van der Waals surface area contributed by atoms with Gasteiger partial charge < -0.3 is 14.1 Å². The van der Waals surface area contributed by atoms with Gasteiger partial charge in [-0.1, -0.05) is 48.5 Å². The normalized spacial score (nSPS) is 10.5. The van der Waals surface area contributed by atoms with Gasteiger partial charge in [-0.05, 0) is 24.6 Å². The van der Waals surface area contributed by atoms with Crippen molar-refractivity contribution in [3.63, 3.8) is 0 Å². The molecule has 3 rings (SSSR count). The van der Waals surface area contributed by atoms with Gasteiger partial charge in [-0.3, -0.25) is 9.59 Å². The van der Waals surface area contributed by atoms with E-state index in [0.717, 1.165) is 10.2 Å². The Bertz CT molecular complexity index is 1010. The molecule has 0 radical (unpaired) electrons. The summed E-state index contributed by atoms with van der Waals surface area (Å²) in [7, 11) is 0. The molecule has 1 amide bonds. The summed E-state index contributed by atoms with van der Waals surface area (Å²) >= 11 is 0. The Hall–Kier alpha value is -3.68. The highest BCUT2D eigenvalue weighted by Crippen LogP contribution is 2.13. The molecule has 0 atom stereocenters. The van der Waals surface area contributed by atoms with Crippen molar-refractivity contribution >= 4 is 11.9 Å². The van der Waals surface area contributed by atoms with Crippen LogP contribution in [0, 0.1) is 0 Å². The van der Waals surface area contributed by atoms with Crippen molar-refractivity contribution in [2.75, 3.05) is 13.2 Å². The number of hydrogen-bond donors (Lipinski definition) is 0. The first kappa shape index (κ1) is 20.1. The van der Waals surface area contributed by atoms with Gasteiger partial charge in [-0.25, -0.2) is 4.79 Å². The predicted molar refractivity (Wildman–Crippen MR) is 105 cm³/mol. The predicted octanol–water partition coefficient (Wildman–Crippen LogP) is 2.10. The fourth-order valence-electron chi connectivity index (χ4n) is 2.69. The largest absolute Gasteiger partial charge is 0.454 e. The van der Waals surface area contributed by atoms with Crippen LogP contribution in [0.3, 0.4) is 0 Å². The molecule has 29 heavy (non-hydrogen) atoms. The second-order valence-corrected chi connectivity index (χ2v) is 6.25. The molecule has 0 aliphatic heterocycles. The van der Waals surface area contributed by atoms with Gasteiger partial charge in [0.05, 0.1) is 0 Å². The summed E-state index contributed by atoms with van der Waals surface area (Å²) in [5.74, 6) is -1.72. The van der Waals surface area contributed by atoms with Crippen molar-refractivity contribution in [2.24, 2.45) is 0 Å². The second kappa shape index (κ2) is 9.50. The number of rotatable bonds is 8. The molecule has 0 unspecified atom stereocenters. The third-order valence-corrected chi connectivity index (χ3v) is 4.21. The summed E-state index contributed by atoms with van der Waals surface area (Å²) in [6, 6.07) is 18.4. The minimum atomic E-state index is -0.772. The molecule has 0 aliphatic rings. The lowest BCUT2D eigenvalue weighted by atomic mass is 10.2. The van der Waals surface area contributed by atoms with E-state index in [-0.39, 0.29) is 11.8 Å². The molecule has 0 spiro atoms. The van der Waals surface area contributed by atoms with Crippen molar-refractivity contribution in [3.05, 3.63) is 76.8 Å². The zero-order valence-corrected chi connectivity index (χ0v) is 16.0. The molecule has 150 valence electrons. The zero-order chi connectivity index (χ0) is 20.6. The van der Waals surface area contributed by atoms with Crippen LogP contribution in [0.1, 0.15) is 12.5 Å². The van der Waals surface area contributed by atoms with Crippen molar-refractivity contribution < 1.29 is 18.7 Å². The number of benzene rings is 2. The van der Waals surface area contributed by atoms with Gasteiger partial charge in [-0.2, -0.15) is 4.68 Å². The first-order chi connectivity index (χ1) is 14.1. The van der Waals surface area contributed by atoms with Crippen molar-refractivity contribution in [1.29, 1.82) is 0 Å². The van der Waals surface area contributed by atoms with E-state index in [1.807, 2.05) is 43.3 Å². The number of amides is 1. The average molecular weight is 395 g/mol. The third kappa shape index (κ3) is 5.41. The summed E-state index contributed by atoms with van der Waals surface area (Å²) in [6.07, 6.45) is 0. The van der Waals surface area contributed by atoms with Crippen molar-refractivity contribution in [2.45, 2.75) is 20.0 Å². The molecule has 8 nitrogen and oxygen atoms in total. The van der Waals surface area contributed by atoms with E-state index >= 15 is 0 Å². The Morgan fingerprint density at radius 3 is 2.38 bits per heavy atom. The van der Waals surface area contributed by atoms with E-state index in [9.17, 15) is 14.4 Å². The number of ether oxygens (including phenoxy) is 1. The zero-order valence-electron chi connectivity index (χ0n) is 16.0. The molecule has 0 N–H and O–H groups in total. The van der Waals surface area contributed by atoms with Gasteiger partial charge in [0.2, 0.25) is 5.89 Å². The van der Waals surface area contributed by atoms with Gasteiger partial charge in [0.15, 0.2) is 6.61 Å². The van der Waals surface area contributed by atoms with Gasteiger partial charge in [0.1, 0.15) is 6.54 Å². The number of aromatic nitrogens is 2. The fraction of sp³-hybridized carbons (Fsp3) is 0.238. The second-order valence-electron chi connectivity index (χ2n) is 6.25. The SMILES string of the molecule is CCN(Cc1ccccc1)C(=O)COC(=O)Cn1nc(-c2ccccc2)oc1=O. The van der Waals surface area contributed by atoms with Gasteiger partial charge >= 0.3 is 11.7 Å². The molecular weight excluding hydrogens is 374 g/mol. The Balaban J connectivity index is 1.55. The van der Waals surface area contributed by atoms with Gasteiger partial charge in [0.25, 0.3) is 5.91 Å². The molecule has 0 aliphatic carbocycles. The molecule has 2 aromatic carbocycles. The monoisotopic (exact) mass is 395 g/mol. The van der Waals surface area contributed by atoms with Crippen molar-refractivity contribution in [3.8, 4) is 11.5 Å². The molecule has 0 saturated heterocycles. The molecule has 1 heterocycles. The minimum Gasteiger partial charge on any atom is -0.454 e. The topological polar surface area (TPSA) is 94.6 Å². The summed E-state index contributed by atoms with van der Waals surface area (Å²) in [5, 5.41) is 4.00. The highest BCUT2D eigenvalue weighted by atomic mass is 16.5. The Labute approximate surface area is 167 Å². The smallest absolute Gasteiger partial charge is 0.437 e. The number of esters is 1. The lowest BCUT2D eigenvalue weighted by Gasteiger charge is -2.20. The maximum Gasteiger partial charge on any atom is 0.437 e. The van der Waals surface area contributed by atoms with Crippen LogP contribution in [-0.4, -0.2) is 39.7 Å². The Morgan fingerprint density at radius 2 is 1.72 bits per heavy atom. The summed E-state index contributed by atoms with van der Waals surface area (Å²) in [6.45, 7) is 1.92. The lowest BCUT2D eigenvalue weighted by molar-refractivity contribution is -0.153. The van der Waals surface area contributed by atoms with Crippen LogP contribution in [0.5, 0.6) is 0 Å². The fourth-order valence-corrected chi connectivity index (χ4v) is 2.69. The van der Waals surface area contributed by atoms with E-state index < -0.39 is 24.9 Å². The van der Waals surface area contributed by atoms with Crippen LogP contribution in [0.2, 0.25) is 0 Å². The molecule has 1 aromatic heterocycles. The van der Waals surface area contributed by atoms with Crippen LogP contribution >= 0.6 is 0 Å². The van der Waals surface area contributed by atoms with E-state index in [1.165, 1.54) is 0 Å². The number of carbonyl (C=O) groups excluding carboxylic acids is 2. The van der Waals surface area contributed by atoms with E-state index in [2.05, 4.69) is 5.10 Å². The molecule has 0 saturated carbocycles. The molecular formula is C21H21N3O5. The highest BCUT2D eigenvalue weighted by Gasteiger charge is 2.17. The minimum absolute atomic E-state index is 0.111. The first-order valence-electron chi connectivity index (χ1n) is 9.17. The standard InChI is InChI=1S/C21H21N3O5/c1-2-23(13-16-9-5-3-6-10-16)18(25)15-28-19(26)14-24-21(27)29-20(22-24)17-11-7-4-8-12-17/h3-12H,2,13-15H2,1H3. The average Bonchev–Trinajstić information content (AvgIpc) is 3.12. The molecule has 0 fully saturated rings. The number of nitrogens with zero attached hydrogens (tertiary/aromatic N) is 3. The highest BCUT2D eigenvalue weighted by molar-refractivity contribution is 5.80. The lowest BCUT2D eigenvalue weighted by Crippen LogP contribution is -2.34. The maximum absolute atomic E-state index is 12.3. The molecule has 3 aromatic rings. The third-order valence-electron chi connectivity index (χ3n) is 4.21. The van der Waals surface area contributed by atoms with Gasteiger partial charge in [0, 0.05) is 18.7 Å². The summed E-state index contributed by atoms with van der Waals surface area (Å²) < 4.78 is 11.0. The van der Waals surface area contributed by atoms with Crippen molar-refractivity contribution in [1.82, 2.24) is 14.7 Å².